The SMILES string of the molecule is C=CC(=O)/C(C=C)=C/CC(C=C)C=N. The second-order valence-electron chi connectivity index (χ2n) is 2.73. The molecule has 0 aliphatic heterocycles. The highest BCUT2D eigenvalue weighted by Gasteiger charge is 2.02. The molecule has 1 atom stereocenters. The van der Waals surface area contributed by atoms with Crippen molar-refractivity contribution in [2.45, 2.75) is 6.42 Å². The molecule has 0 spiro atoms. The van der Waals surface area contributed by atoms with Gasteiger partial charge in [-0.15, -0.1) is 6.58 Å². The summed E-state index contributed by atoms with van der Waals surface area (Å²) >= 11 is 0. The van der Waals surface area contributed by atoms with E-state index in [2.05, 4.69) is 19.7 Å². The second-order valence-corrected chi connectivity index (χ2v) is 2.73. The van der Waals surface area contributed by atoms with E-state index in [1.807, 2.05) is 0 Å². The summed E-state index contributed by atoms with van der Waals surface area (Å²) < 4.78 is 0. The Morgan fingerprint density at radius 1 is 1.29 bits per heavy atom. The van der Waals surface area contributed by atoms with E-state index in [1.165, 1.54) is 18.4 Å². The Balaban J connectivity index is 4.52. The first-order valence-electron chi connectivity index (χ1n) is 4.32. The topological polar surface area (TPSA) is 40.9 Å². The summed E-state index contributed by atoms with van der Waals surface area (Å²) in [7, 11) is 0. The zero-order valence-electron chi connectivity index (χ0n) is 8.20. The molecule has 0 heterocycles. The van der Waals surface area contributed by atoms with Crippen molar-refractivity contribution in [2.24, 2.45) is 5.92 Å². The third-order valence-corrected chi connectivity index (χ3v) is 1.82. The van der Waals surface area contributed by atoms with Crippen molar-refractivity contribution in [3.8, 4) is 0 Å². The summed E-state index contributed by atoms with van der Waals surface area (Å²) in [5.41, 5.74) is 0.522. The molecular formula is C12H15NO. The number of ketones is 1. The van der Waals surface area contributed by atoms with Gasteiger partial charge in [-0.25, -0.2) is 0 Å². The summed E-state index contributed by atoms with van der Waals surface area (Å²) in [5.74, 6) is -0.171. The number of carbonyl (C=O) groups is 1. The highest BCUT2D eigenvalue weighted by Crippen LogP contribution is 2.07. The maximum atomic E-state index is 11.2. The Kier molecular flexibility index (Phi) is 5.95. The van der Waals surface area contributed by atoms with Crippen molar-refractivity contribution in [1.82, 2.24) is 0 Å². The molecule has 1 unspecified atom stereocenters. The van der Waals surface area contributed by atoms with Gasteiger partial charge in [0.1, 0.15) is 0 Å². The Hall–Kier alpha value is -1.70. The Morgan fingerprint density at radius 2 is 1.93 bits per heavy atom. The lowest BCUT2D eigenvalue weighted by Gasteiger charge is -2.01. The number of hydrogen-bond donors (Lipinski definition) is 1. The minimum absolute atomic E-state index is 0.0254. The predicted molar refractivity (Wildman–Crippen MR) is 60.6 cm³/mol. The van der Waals surface area contributed by atoms with E-state index in [0.717, 1.165) is 0 Å². The molecule has 0 aromatic rings. The van der Waals surface area contributed by atoms with Crippen molar-refractivity contribution in [1.29, 1.82) is 5.41 Å². The molecule has 1 N–H and O–H groups in total. The average Bonchev–Trinajstić information content (AvgIpc) is 2.24. The molecule has 0 aromatic heterocycles. The molecule has 0 saturated carbocycles. The van der Waals surface area contributed by atoms with E-state index in [1.54, 1.807) is 12.2 Å². The van der Waals surface area contributed by atoms with Crippen LogP contribution < -0.4 is 0 Å². The van der Waals surface area contributed by atoms with Crippen LogP contribution in [0.3, 0.4) is 0 Å². The van der Waals surface area contributed by atoms with Gasteiger partial charge in [-0.05, 0) is 12.5 Å². The van der Waals surface area contributed by atoms with Crippen LogP contribution in [0.1, 0.15) is 6.42 Å². The van der Waals surface area contributed by atoms with Crippen molar-refractivity contribution in [3.63, 3.8) is 0 Å². The van der Waals surface area contributed by atoms with Crippen LogP contribution in [0, 0.1) is 11.3 Å². The molecule has 0 amide bonds. The minimum Gasteiger partial charge on any atom is -0.312 e. The molecule has 2 heteroatoms. The largest absolute Gasteiger partial charge is 0.312 e. The molecule has 0 fully saturated rings. The first-order valence-corrected chi connectivity index (χ1v) is 4.32. The summed E-state index contributed by atoms with van der Waals surface area (Å²) in [6.07, 6.45) is 8.04. The van der Waals surface area contributed by atoms with Crippen molar-refractivity contribution >= 4 is 12.0 Å². The molecule has 14 heavy (non-hydrogen) atoms. The molecule has 0 aliphatic rings. The van der Waals surface area contributed by atoms with Gasteiger partial charge >= 0.3 is 0 Å². The van der Waals surface area contributed by atoms with Gasteiger partial charge in [0.05, 0.1) is 0 Å². The molecular weight excluding hydrogens is 174 g/mol. The molecule has 74 valence electrons. The molecule has 0 saturated heterocycles. The van der Waals surface area contributed by atoms with Crippen LogP contribution >= 0.6 is 0 Å². The highest BCUT2D eigenvalue weighted by atomic mass is 16.1. The van der Waals surface area contributed by atoms with Crippen LogP contribution in [-0.2, 0) is 4.79 Å². The Bertz CT molecular complexity index is 279. The second kappa shape index (κ2) is 6.78. The van der Waals surface area contributed by atoms with Crippen LogP contribution in [0.25, 0.3) is 0 Å². The Morgan fingerprint density at radius 3 is 2.29 bits per heavy atom. The van der Waals surface area contributed by atoms with Gasteiger partial charge in [-0.3, -0.25) is 4.79 Å². The molecule has 0 rings (SSSR count). The summed E-state index contributed by atoms with van der Waals surface area (Å²) in [6, 6.07) is 0. The number of rotatable bonds is 7. The van der Waals surface area contributed by atoms with Crippen molar-refractivity contribution < 1.29 is 4.79 Å². The van der Waals surface area contributed by atoms with Gasteiger partial charge in [0.25, 0.3) is 0 Å². The van der Waals surface area contributed by atoms with E-state index >= 15 is 0 Å². The van der Waals surface area contributed by atoms with Crippen LogP contribution in [-0.4, -0.2) is 12.0 Å². The lowest BCUT2D eigenvalue weighted by atomic mass is 10.0. The van der Waals surface area contributed by atoms with E-state index < -0.39 is 0 Å². The van der Waals surface area contributed by atoms with E-state index in [0.29, 0.717) is 12.0 Å². The lowest BCUT2D eigenvalue weighted by Crippen LogP contribution is -1.99. The normalized spacial score (nSPS) is 12.7. The molecule has 0 aromatic carbocycles. The third kappa shape index (κ3) is 3.81. The fourth-order valence-electron chi connectivity index (χ4n) is 0.898. The molecule has 2 nitrogen and oxygen atoms in total. The number of allylic oxidation sites excluding steroid dienone is 5. The monoisotopic (exact) mass is 189 g/mol. The van der Waals surface area contributed by atoms with Crippen LogP contribution in [0.5, 0.6) is 0 Å². The predicted octanol–water partition coefficient (Wildman–Crippen LogP) is 2.70. The summed E-state index contributed by atoms with van der Waals surface area (Å²) in [6.45, 7) is 10.5. The van der Waals surface area contributed by atoms with Gasteiger partial charge in [0.2, 0.25) is 0 Å². The van der Waals surface area contributed by atoms with Crippen molar-refractivity contribution in [2.75, 3.05) is 0 Å². The van der Waals surface area contributed by atoms with Crippen LogP contribution in [0.2, 0.25) is 0 Å². The molecule has 0 bridgehead atoms. The Labute approximate surface area is 84.8 Å². The molecule has 0 radical (unpaired) electrons. The number of carbonyl (C=O) groups excluding carboxylic acids is 1. The average molecular weight is 189 g/mol. The zero-order valence-corrected chi connectivity index (χ0v) is 8.20. The van der Waals surface area contributed by atoms with Gasteiger partial charge in [-0.1, -0.05) is 31.4 Å². The maximum Gasteiger partial charge on any atom is 0.184 e. The van der Waals surface area contributed by atoms with Gasteiger partial charge in [-0.2, -0.15) is 0 Å². The summed E-state index contributed by atoms with van der Waals surface area (Å²) in [4.78, 5) is 11.2. The number of hydrogen-bond acceptors (Lipinski definition) is 2. The lowest BCUT2D eigenvalue weighted by molar-refractivity contribution is -0.111. The smallest absolute Gasteiger partial charge is 0.184 e. The maximum absolute atomic E-state index is 11.2. The summed E-state index contributed by atoms with van der Waals surface area (Å²) in [5, 5.41) is 7.06. The first kappa shape index (κ1) is 12.3. The first-order chi connectivity index (χ1) is 6.69. The number of nitrogens with one attached hydrogen (secondary N) is 1. The van der Waals surface area contributed by atoms with E-state index in [-0.39, 0.29) is 11.7 Å². The van der Waals surface area contributed by atoms with Crippen molar-refractivity contribution in [3.05, 3.63) is 49.6 Å². The minimum atomic E-state index is -0.146. The third-order valence-electron chi connectivity index (χ3n) is 1.82. The van der Waals surface area contributed by atoms with Crippen LogP contribution in [0.4, 0.5) is 0 Å². The fraction of sp³-hybridized carbons (Fsp3) is 0.167. The van der Waals surface area contributed by atoms with E-state index in [9.17, 15) is 4.79 Å². The van der Waals surface area contributed by atoms with Gasteiger partial charge < -0.3 is 5.41 Å². The van der Waals surface area contributed by atoms with Gasteiger partial charge in [0, 0.05) is 17.7 Å². The fourth-order valence-corrected chi connectivity index (χ4v) is 0.898. The zero-order chi connectivity index (χ0) is 11.0. The molecule has 0 aliphatic carbocycles. The van der Waals surface area contributed by atoms with Crippen LogP contribution in [0.15, 0.2) is 49.6 Å². The quantitative estimate of drug-likeness (QED) is 0.284. The van der Waals surface area contributed by atoms with Gasteiger partial charge in [0.15, 0.2) is 5.78 Å². The van der Waals surface area contributed by atoms with E-state index in [4.69, 9.17) is 5.41 Å². The highest BCUT2D eigenvalue weighted by molar-refractivity contribution is 6.05. The standard InChI is InChI=1S/C12H15NO/c1-4-10(9-13)7-8-11(5-2)12(14)6-3/h4-6,8-10,13H,1-3,7H2/b11-8+,13-9?.